The maximum atomic E-state index is 11.8. The number of urea groups is 1. The van der Waals surface area contributed by atoms with Crippen molar-refractivity contribution in [2.24, 2.45) is 0 Å². The summed E-state index contributed by atoms with van der Waals surface area (Å²) < 4.78 is 5.79. The van der Waals surface area contributed by atoms with Crippen LogP contribution in [0.3, 0.4) is 0 Å². The van der Waals surface area contributed by atoms with E-state index in [4.69, 9.17) is 4.74 Å². The van der Waals surface area contributed by atoms with E-state index in [1.807, 2.05) is 52.0 Å². The summed E-state index contributed by atoms with van der Waals surface area (Å²) in [5, 5.41) is 2.94. The number of ether oxygens (including phenoxy) is 1. The number of nitrogens with one attached hydrogen (secondary N) is 1. The molecule has 4 nitrogen and oxygen atoms in total. The SMILES string of the molecule is Cc1ccc(OC2CN(C(=O)NC(C)(C)C)C2)cc1. The third-order valence-electron chi connectivity index (χ3n) is 2.94. The first kappa shape index (κ1) is 13.7. The van der Waals surface area contributed by atoms with Crippen LogP contribution in [0.2, 0.25) is 0 Å². The number of rotatable bonds is 2. The van der Waals surface area contributed by atoms with Gasteiger partial charge < -0.3 is 15.0 Å². The zero-order valence-corrected chi connectivity index (χ0v) is 12.1. The lowest BCUT2D eigenvalue weighted by atomic mass is 10.1. The Kier molecular flexibility index (Phi) is 3.69. The molecule has 1 heterocycles. The second-order valence-corrected chi connectivity index (χ2v) is 6.14. The maximum Gasteiger partial charge on any atom is 0.318 e. The molecule has 2 amide bonds. The molecule has 0 saturated carbocycles. The van der Waals surface area contributed by atoms with E-state index < -0.39 is 0 Å². The molecule has 104 valence electrons. The minimum atomic E-state index is -0.194. The third kappa shape index (κ3) is 3.88. The smallest absolute Gasteiger partial charge is 0.318 e. The van der Waals surface area contributed by atoms with Crippen molar-refractivity contribution in [3.8, 4) is 5.75 Å². The van der Waals surface area contributed by atoms with E-state index in [2.05, 4.69) is 5.32 Å². The fourth-order valence-corrected chi connectivity index (χ4v) is 1.89. The summed E-state index contributed by atoms with van der Waals surface area (Å²) in [6.45, 7) is 9.28. The van der Waals surface area contributed by atoms with Crippen molar-refractivity contribution in [2.75, 3.05) is 13.1 Å². The van der Waals surface area contributed by atoms with Crippen molar-refractivity contribution in [2.45, 2.75) is 39.3 Å². The van der Waals surface area contributed by atoms with Gasteiger partial charge in [-0.3, -0.25) is 0 Å². The molecular formula is C15H22N2O2. The zero-order chi connectivity index (χ0) is 14.0. The first-order valence-corrected chi connectivity index (χ1v) is 6.64. The highest BCUT2D eigenvalue weighted by Gasteiger charge is 2.33. The van der Waals surface area contributed by atoms with Crippen LogP contribution >= 0.6 is 0 Å². The van der Waals surface area contributed by atoms with Crippen LogP contribution in [0.25, 0.3) is 0 Å². The Hall–Kier alpha value is -1.71. The molecule has 1 aliphatic rings. The minimum absolute atomic E-state index is 0.0174. The molecule has 0 aliphatic carbocycles. The molecule has 0 aromatic heterocycles. The molecule has 0 unspecified atom stereocenters. The highest BCUT2D eigenvalue weighted by atomic mass is 16.5. The van der Waals surface area contributed by atoms with Crippen molar-refractivity contribution < 1.29 is 9.53 Å². The first-order chi connectivity index (χ1) is 8.83. The van der Waals surface area contributed by atoms with Crippen LogP contribution in [0.15, 0.2) is 24.3 Å². The van der Waals surface area contributed by atoms with Crippen LogP contribution in [0.4, 0.5) is 4.79 Å². The van der Waals surface area contributed by atoms with Crippen LogP contribution in [0, 0.1) is 6.92 Å². The Morgan fingerprint density at radius 2 is 1.84 bits per heavy atom. The van der Waals surface area contributed by atoms with E-state index in [0.29, 0.717) is 13.1 Å². The summed E-state index contributed by atoms with van der Waals surface area (Å²) in [5.41, 5.74) is 1.02. The average molecular weight is 262 g/mol. The van der Waals surface area contributed by atoms with Gasteiger partial charge in [-0.05, 0) is 39.8 Å². The molecule has 1 saturated heterocycles. The van der Waals surface area contributed by atoms with E-state index in [-0.39, 0.29) is 17.7 Å². The van der Waals surface area contributed by atoms with Gasteiger partial charge >= 0.3 is 6.03 Å². The van der Waals surface area contributed by atoms with Gasteiger partial charge in [0.25, 0.3) is 0 Å². The number of carbonyl (C=O) groups is 1. The Labute approximate surface area is 114 Å². The van der Waals surface area contributed by atoms with Crippen molar-refractivity contribution in [1.82, 2.24) is 10.2 Å². The largest absolute Gasteiger partial charge is 0.487 e. The normalized spacial score (nSPS) is 15.9. The average Bonchev–Trinajstić information content (AvgIpc) is 2.22. The topological polar surface area (TPSA) is 41.6 Å². The minimum Gasteiger partial charge on any atom is -0.487 e. The summed E-state index contributed by atoms with van der Waals surface area (Å²) in [5.74, 6) is 0.867. The number of nitrogens with zero attached hydrogens (tertiary/aromatic N) is 1. The lowest BCUT2D eigenvalue weighted by Gasteiger charge is -2.40. The molecule has 0 bridgehead atoms. The predicted octanol–water partition coefficient (Wildman–Crippen LogP) is 2.57. The van der Waals surface area contributed by atoms with E-state index in [1.165, 1.54) is 5.56 Å². The Morgan fingerprint density at radius 1 is 1.26 bits per heavy atom. The highest BCUT2D eigenvalue weighted by Crippen LogP contribution is 2.19. The van der Waals surface area contributed by atoms with Crippen LogP contribution in [0.1, 0.15) is 26.3 Å². The third-order valence-corrected chi connectivity index (χ3v) is 2.94. The van der Waals surface area contributed by atoms with Crippen molar-refractivity contribution in [3.63, 3.8) is 0 Å². The number of hydrogen-bond acceptors (Lipinski definition) is 2. The second-order valence-electron chi connectivity index (χ2n) is 6.14. The molecule has 4 heteroatoms. The maximum absolute atomic E-state index is 11.8. The molecule has 19 heavy (non-hydrogen) atoms. The molecule has 1 aromatic carbocycles. The van der Waals surface area contributed by atoms with Gasteiger partial charge in [0.05, 0.1) is 13.1 Å². The standard InChI is InChI=1S/C15H22N2O2/c1-11-5-7-12(8-6-11)19-13-9-17(10-13)14(18)16-15(2,3)4/h5-8,13H,9-10H2,1-4H3,(H,16,18). The van der Waals surface area contributed by atoms with Gasteiger partial charge in [-0.25, -0.2) is 4.79 Å². The van der Waals surface area contributed by atoms with Gasteiger partial charge in [-0.15, -0.1) is 0 Å². The summed E-state index contributed by atoms with van der Waals surface area (Å²) >= 11 is 0. The lowest BCUT2D eigenvalue weighted by molar-refractivity contribution is 0.0423. The molecular weight excluding hydrogens is 240 g/mol. The van der Waals surface area contributed by atoms with Crippen molar-refractivity contribution >= 4 is 6.03 Å². The number of amides is 2. The van der Waals surface area contributed by atoms with Gasteiger partial charge in [-0.1, -0.05) is 17.7 Å². The highest BCUT2D eigenvalue weighted by molar-refractivity contribution is 5.75. The fraction of sp³-hybridized carbons (Fsp3) is 0.533. The summed E-state index contributed by atoms with van der Waals surface area (Å²) in [6.07, 6.45) is 0.105. The van der Waals surface area contributed by atoms with E-state index in [1.54, 1.807) is 4.90 Å². The molecule has 2 rings (SSSR count). The van der Waals surface area contributed by atoms with Crippen LogP contribution < -0.4 is 10.1 Å². The summed E-state index contributed by atoms with van der Waals surface area (Å²) in [6, 6.07) is 7.97. The Balaban J connectivity index is 1.77. The predicted molar refractivity (Wildman–Crippen MR) is 75.5 cm³/mol. The van der Waals surface area contributed by atoms with Crippen LogP contribution in [-0.2, 0) is 0 Å². The monoisotopic (exact) mass is 262 g/mol. The Bertz CT molecular complexity index is 442. The van der Waals surface area contributed by atoms with Gasteiger partial charge in [0, 0.05) is 5.54 Å². The quantitative estimate of drug-likeness (QED) is 0.890. The second kappa shape index (κ2) is 5.11. The Morgan fingerprint density at radius 3 is 2.37 bits per heavy atom. The molecule has 1 aliphatic heterocycles. The summed E-state index contributed by atoms with van der Waals surface area (Å²) in [7, 11) is 0. The van der Waals surface area contributed by atoms with Gasteiger partial charge in [-0.2, -0.15) is 0 Å². The lowest BCUT2D eigenvalue weighted by Crippen LogP contribution is -2.61. The molecule has 0 atom stereocenters. The first-order valence-electron chi connectivity index (χ1n) is 6.64. The van der Waals surface area contributed by atoms with Crippen molar-refractivity contribution in [3.05, 3.63) is 29.8 Å². The number of likely N-dealkylation sites (tertiary alicyclic amines) is 1. The number of benzene rings is 1. The van der Waals surface area contributed by atoms with E-state index in [0.717, 1.165) is 5.75 Å². The molecule has 1 aromatic rings. The van der Waals surface area contributed by atoms with E-state index >= 15 is 0 Å². The van der Waals surface area contributed by atoms with Crippen LogP contribution in [-0.4, -0.2) is 35.7 Å². The fourth-order valence-electron chi connectivity index (χ4n) is 1.89. The van der Waals surface area contributed by atoms with Crippen LogP contribution in [0.5, 0.6) is 5.75 Å². The van der Waals surface area contributed by atoms with Gasteiger partial charge in [0.15, 0.2) is 0 Å². The molecule has 0 radical (unpaired) electrons. The molecule has 1 N–H and O–H groups in total. The van der Waals surface area contributed by atoms with E-state index in [9.17, 15) is 4.79 Å². The molecule has 0 spiro atoms. The number of carbonyl (C=O) groups excluding carboxylic acids is 1. The van der Waals surface area contributed by atoms with Gasteiger partial charge in [0.1, 0.15) is 11.9 Å². The van der Waals surface area contributed by atoms with Crippen molar-refractivity contribution in [1.29, 1.82) is 0 Å². The van der Waals surface area contributed by atoms with Gasteiger partial charge in [0.2, 0.25) is 0 Å². The molecule has 1 fully saturated rings. The zero-order valence-electron chi connectivity index (χ0n) is 12.1. The summed E-state index contributed by atoms with van der Waals surface area (Å²) in [4.78, 5) is 13.6. The number of hydrogen-bond donors (Lipinski definition) is 1. The number of aryl methyl sites for hydroxylation is 1.